The lowest BCUT2D eigenvalue weighted by atomic mass is 9.88. The van der Waals surface area contributed by atoms with Gasteiger partial charge in [0.25, 0.3) is 0 Å². The molecule has 18 nitrogen and oxygen atoms in total. The van der Waals surface area contributed by atoms with Crippen molar-refractivity contribution in [2.24, 2.45) is 27.1 Å². The Hall–Kier alpha value is -3.02. The van der Waals surface area contributed by atoms with Gasteiger partial charge in [0, 0.05) is 6.07 Å². The maximum Gasteiger partial charge on any atom is 0.123 e. The summed E-state index contributed by atoms with van der Waals surface area (Å²) < 4.78 is 40.5. The second kappa shape index (κ2) is 26.3. The molecule has 0 aliphatic rings. The Morgan fingerprint density at radius 3 is 0.983 bits per heavy atom. The molecule has 0 aliphatic carbocycles. The third-order valence-corrected chi connectivity index (χ3v) is 10.2. The van der Waals surface area contributed by atoms with Crippen molar-refractivity contribution in [1.82, 2.24) is 0 Å². The summed E-state index contributed by atoms with van der Waals surface area (Å²) in [5.41, 5.74) is -5.23. The standard InChI is InChI=1S/C41H66O18/c1-53-35-9-33(10-36(11-35)54-2)4-3-32-5-7-34(8-6-32)59-31-40(21-51,22-52)26-58-30-41(27-55-23-37(12-42,13-43)14-44,28-56-24-38(15-45,16-46)17-47)29-57-25-39(18-48,19-49)20-50/h3-11,42-52H,12-31H2,1-2H3/b4-3+. The third-order valence-electron chi connectivity index (χ3n) is 10.2. The molecule has 2 aromatic rings. The molecule has 0 unspecified atom stereocenters. The van der Waals surface area contributed by atoms with Gasteiger partial charge in [0.05, 0.1) is 167 Å². The Bertz CT molecular complexity index is 1330. The zero-order chi connectivity index (χ0) is 43.8. The number of benzene rings is 2. The summed E-state index contributed by atoms with van der Waals surface area (Å²) in [6.07, 6.45) is 3.79. The SMILES string of the molecule is COc1cc(/C=C/c2ccc(OCC(CO)(CO)COCC(COCC(CO)(CO)CO)(COCC(CO)(CO)CO)COCC(CO)(CO)CO)cc2)cc(OC)c1. The van der Waals surface area contributed by atoms with Gasteiger partial charge in [-0.05, 0) is 35.4 Å². The van der Waals surface area contributed by atoms with Gasteiger partial charge in [0.1, 0.15) is 23.9 Å². The summed E-state index contributed by atoms with van der Waals surface area (Å²) in [6.45, 7) is -9.36. The molecule has 0 spiro atoms. The number of rotatable bonds is 34. The largest absolute Gasteiger partial charge is 0.497 e. The van der Waals surface area contributed by atoms with Gasteiger partial charge in [-0.3, -0.25) is 0 Å². The third kappa shape index (κ3) is 15.8. The summed E-state index contributed by atoms with van der Waals surface area (Å²) in [4.78, 5) is 0. The van der Waals surface area contributed by atoms with Gasteiger partial charge in [-0.25, -0.2) is 0 Å². The smallest absolute Gasteiger partial charge is 0.123 e. The molecule has 11 N–H and O–H groups in total. The van der Waals surface area contributed by atoms with Crippen LogP contribution in [-0.2, 0) is 18.9 Å². The number of hydrogen-bond acceptors (Lipinski definition) is 18. The Morgan fingerprint density at radius 1 is 0.356 bits per heavy atom. The van der Waals surface area contributed by atoms with E-state index in [1.54, 1.807) is 32.4 Å². The first-order valence-corrected chi connectivity index (χ1v) is 19.0. The zero-order valence-corrected chi connectivity index (χ0v) is 34.1. The topological polar surface area (TPSA) is 287 Å². The average Bonchev–Trinajstić information content (AvgIpc) is 3.29. The van der Waals surface area contributed by atoms with Gasteiger partial charge in [-0.15, -0.1) is 0 Å². The van der Waals surface area contributed by atoms with Crippen LogP contribution >= 0.6 is 0 Å². The van der Waals surface area contributed by atoms with Crippen LogP contribution in [0.2, 0.25) is 0 Å². The molecule has 2 rings (SSSR count). The minimum Gasteiger partial charge on any atom is -0.497 e. The summed E-state index contributed by atoms with van der Waals surface area (Å²) in [6, 6.07) is 12.6. The van der Waals surface area contributed by atoms with Crippen molar-refractivity contribution in [2.75, 3.05) is 146 Å². The summed E-state index contributed by atoms with van der Waals surface area (Å²) >= 11 is 0. The lowest BCUT2D eigenvalue weighted by molar-refractivity contribution is -0.160. The molecule has 0 saturated carbocycles. The Morgan fingerprint density at radius 2 is 0.661 bits per heavy atom. The number of ether oxygens (including phenoxy) is 7. The predicted molar refractivity (Wildman–Crippen MR) is 214 cm³/mol. The van der Waals surface area contributed by atoms with Crippen LogP contribution in [0.3, 0.4) is 0 Å². The molecule has 0 aliphatic heterocycles. The Labute approximate surface area is 345 Å². The highest BCUT2D eigenvalue weighted by atomic mass is 16.5. The van der Waals surface area contributed by atoms with Gasteiger partial charge in [0.2, 0.25) is 0 Å². The van der Waals surface area contributed by atoms with Gasteiger partial charge >= 0.3 is 0 Å². The quantitative estimate of drug-likeness (QED) is 0.0346. The van der Waals surface area contributed by atoms with Crippen LogP contribution < -0.4 is 14.2 Å². The van der Waals surface area contributed by atoms with Crippen molar-refractivity contribution in [3.63, 3.8) is 0 Å². The number of methoxy groups -OCH3 is 2. The van der Waals surface area contributed by atoms with Crippen molar-refractivity contribution in [3.05, 3.63) is 53.6 Å². The molecule has 18 heteroatoms. The van der Waals surface area contributed by atoms with Crippen LogP contribution in [0.25, 0.3) is 12.2 Å². The molecule has 0 amide bonds. The Kier molecular flexibility index (Phi) is 23.3. The minimum atomic E-state index is -1.42. The highest BCUT2D eigenvalue weighted by molar-refractivity contribution is 5.71. The van der Waals surface area contributed by atoms with Crippen LogP contribution in [0.5, 0.6) is 17.2 Å². The monoisotopic (exact) mass is 846 g/mol. The van der Waals surface area contributed by atoms with E-state index in [0.717, 1.165) is 11.1 Å². The first-order valence-electron chi connectivity index (χ1n) is 19.0. The molecular weight excluding hydrogens is 780 g/mol. The molecular formula is C41H66O18. The molecule has 0 aromatic heterocycles. The fraction of sp³-hybridized carbons (Fsp3) is 0.659. The maximum atomic E-state index is 10.5. The molecule has 0 heterocycles. The van der Waals surface area contributed by atoms with E-state index >= 15 is 0 Å². The van der Waals surface area contributed by atoms with Crippen molar-refractivity contribution < 1.29 is 89.3 Å². The molecule has 59 heavy (non-hydrogen) atoms. The van der Waals surface area contributed by atoms with Crippen LogP contribution in [0.1, 0.15) is 11.1 Å². The van der Waals surface area contributed by atoms with Crippen LogP contribution in [0, 0.1) is 27.1 Å². The Balaban J connectivity index is 2.31. The van der Waals surface area contributed by atoms with Crippen molar-refractivity contribution in [1.29, 1.82) is 0 Å². The normalized spacial score (nSPS) is 13.0. The van der Waals surface area contributed by atoms with E-state index in [1.807, 2.05) is 36.4 Å². The number of aliphatic hydroxyl groups is 11. The zero-order valence-electron chi connectivity index (χ0n) is 34.1. The molecule has 0 radical (unpaired) electrons. The first kappa shape index (κ1) is 52.1. The average molecular weight is 847 g/mol. The number of aliphatic hydroxyl groups excluding tert-OH is 11. The summed E-state index contributed by atoms with van der Waals surface area (Å²) in [5, 5.41) is 110. The highest BCUT2D eigenvalue weighted by Crippen LogP contribution is 2.29. The van der Waals surface area contributed by atoms with E-state index < -0.39 is 99.8 Å². The first-order chi connectivity index (χ1) is 28.4. The fourth-order valence-electron chi connectivity index (χ4n) is 5.35. The van der Waals surface area contributed by atoms with E-state index in [0.29, 0.717) is 17.2 Å². The molecule has 2 aromatic carbocycles. The lowest BCUT2D eigenvalue weighted by Crippen LogP contribution is -2.48. The van der Waals surface area contributed by atoms with E-state index in [-0.39, 0.29) is 59.5 Å². The second-order valence-corrected chi connectivity index (χ2v) is 15.5. The van der Waals surface area contributed by atoms with Gasteiger partial charge in [0.15, 0.2) is 0 Å². The van der Waals surface area contributed by atoms with Crippen LogP contribution in [-0.4, -0.2) is 203 Å². The number of hydrogen-bond donors (Lipinski definition) is 11. The fourth-order valence-corrected chi connectivity index (χ4v) is 5.35. The summed E-state index contributed by atoms with van der Waals surface area (Å²) in [5.74, 6) is 1.74. The minimum absolute atomic E-state index is 0.181. The molecule has 0 atom stereocenters. The van der Waals surface area contributed by atoms with Crippen molar-refractivity contribution in [3.8, 4) is 17.2 Å². The van der Waals surface area contributed by atoms with Crippen LogP contribution in [0.4, 0.5) is 0 Å². The highest BCUT2D eigenvalue weighted by Gasteiger charge is 2.40. The predicted octanol–water partition coefficient (Wildman–Crippen LogP) is -1.83. The van der Waals surface area contributed by atoms with E-state index in [2.05, 4.69) is 0 Å². The van der Waals surface area contributed by atoms with Gasteiger partial charge in [-0.1, -0.05) is 24.3 Å². The maximum absolute atomic E-state index is 10.5. The second-order valence-electron chi connectivity index (χ2n) is 15.5. The molecule has 0 saturated heterocycles. The summed E-state index contributed by atoms with van der Waals surface area (Å²) in [7, 11) is 3.14. The van der Waals surface area contributed by atoms with Crippen molar-refractivity contribution in [2.45, 2.75) is 0 Å². The van der Waals surface area contributed by atoms with Gasteiger partial charge < -0.3 is 89.3 Å². The van der Waals surface area contributed by atoms with E-state index in [9.17, 15) is 56.2 Å². The van der Waals surface area contributed by atoms with E-state index in [4.69, 9.17) is 33.2 Å². The molecule has 338 valence electrons. The molecule has 0 fully saturated rings. The van der Waals surface area contributed by atoms with Crippen molar-refractivity contribution >= 4 is 12.2 Å². The molecule has 0 bridgehead atoms. The lowest BCUT2D eigenvalue weighted by Gasteiger charge is -2.38. The van der Waals surface area contributed by atoms with Gasteiger partial charge in [-0.2, -0.15) is 0 Å². The van der Waals surface area contributed by atoms with Crippen LogP contribution in [0.15, 0.2) is 42.5 Å². The van der Waals surface area contributed by atoms with E-state index in [1.165, 1.54) is 0 Å².